The molecule has 14 heavy (non-hydrogen) atoms. The standard InChI is InChI=1S/C10H12O4/c1-3-6-4-7(14-2)5-8(11)9(6)10(12)13/h4-5,11H,3H2,1-2H3,(H,12,13). The van der Waals surface area contributed by atoms with Crippen LogP contribution in [0.4, 0.5) is 0 Å². The molecule has 0 radical (unpaired) electrons. The molecular weight excluding hydrogens is 184 g/mol. The lowest BCUT2D eigenvalue weighted by molar-refractivity contribution is 0.0692. The summed E-state index contributed by atoms with van der Waals surface area (Å²) < 4.78 is 4.92. The second kappa shape index (κ2) is 4.00. The van der Waals surface area contributed by atoms with Crippen molar-refractivity contribution < 1.29 is 19.7 Å². The van der Waals surface area contributed by atoms with E-state index in [1.807, 2.05) is 6.92 Å². The van der Waals surface area contributed by atoms with Crippen LogP contribution in [0.2, 0.25) is 0 Å². The molecule has 4 heteroatoms. The number of benzene rings is 1. The summed E-state index contributed by atoms with van der Waals surface area (Å²) >= 11 is 0. The molecule has 0 heterocycles. The second-order valence-corrected chi connectivity index (χ2v) is 2.84. The summed E-state index contributed by atoms with van der Waals surface area (Å²) in [6.07, 6.45) is 0.534. The van der Waals surface area contributed by atoms with Crippen LogP contribution in [0.15, 0.2) is 12.1 Å². The van der Waals surface area contributed by atoms with Crippen LogP contribution in [-0.4, -0.2) is 23.3 Å². The Morgan fingerprint density at radius 1 is 1.50 bits per heavy atom. The minimum absolute atomic E-state index is 0.0479. The zero-order valence-corrected chi connectivity index (χ0v) is 8.07. The minimum atomic E-state index is -1.12. The predicted molar refractivity (Wildman–Crippen MR) is 51.0 cm³/mol. The highest BCUT2D eigenvalue weighted by atomic mass is 16.5. The first-order chi connectivity index (χ1) is 6.60. The van der Waals surface area contributed by atoms with Crippen LogP contribution in [0.3, 0.4) is 0 Å². The molecule has 0 saturated heterocycles. The average molecular weight is 196 g/mol. The Bertz CT molecular complexity index is 357. The van der Waals surface area contributed by atoms with Crippen molar-refractivity contribution in [2.45, 2.75) is 13.3 Å². The molecule has 0 atom stereocenters. The smallest absolute Gasteiger partial charge is 0.339 e. The van der Waals surface area contributed by atoms with Crippen LogP contribution < -0.4 is 4.74 Å². The van der Waals surface area contributed by atoms with Gasteiger partial charge >= 0.3 is 5.97 Å². The van der Waals surface area contributed by atoms with E-state index in [1.165, 1.54) is 13.2 Å². The molecule has 76 valence electrons. The third-order valence-electron chi connectivity index (χ3n) is 2.00. The summed E-state index contributed by atoms with van der Waals surface area (Å²) in [7, 11) is 1.47. The summed E-state index contributed by atoms with van der Waals surface area (Å²) in [6, 6.07) is 2.91. The molecule has 1 aromatic rings. The molecule has 1 rings (SSSR count). The molecule has 0 amide bonds. The number of hydrogen-bond donors (Lipinski definition) is 2. The topological polar surface area (TPSA) is 66.8 Å². The van der Waals surface area contributed by atoms with Gasteiger partial charge in [0, 0.05) is 6.07 Å². The van der Waals surface area contributed by atoms with E-state index < -0.39 is 5.97 Å². The number of methoxy groups -OCH3 is 1. The van der Waals surface area contributed by atoms with Crippen LogP contribution in [0, 0.1) is 0 Å². The van der Waals surface area contributed by atoms with Gasteiger partial charge in [-0.1, -0.05) is 6.92 Å². The zero-order chi connectivity index (χ0) is 10.7. The van der Waals surface area contributed by atoms with Crippen LogP contribution in [-0.2, 0) is 6.42 Å². The molecule has 0 aliphatic carbocycles. The number of carboxylic acids is 1. The minimum Gasteiger partial charge on any atom is -0.507 e. The highest BCUT2D eigenvalue weighted by Gasteiger charge is 2.15. The maximum absolute atomic E-state index is 10.8. The van der Waals surface area contributed by atoms with Gasteiger partial charge in [-0.3, -0.25) is 0 Å². The molecule has 1 aromatic carbocycles. The third kappa shape index (κ3) is 1.79. The molecule has 0 saturated carbocycles. The monoisotopic (exact) mass is 196 g/mol. The number of ether oxygens (including phenoxy) is 1. The molecule has 2 N–H and O–H groups in total. The Hall–Kier alpha value is -1.71. The number of aromatic hydroxyl groups is 1. The normalized spacial score (nSPS) is 9.86. The third-order valence-corrected chi connectivity index (χ3v) is 2.00. The Kier molecular flexibility index (Phi) is 2.96. The average Bonchev–Trinajstić information content (AvgIpc) is 2.15. The van der Waals surface area contributed by atoms with Gasteiger partial charge in [0.05, 0.1) is 7.11 Å². The van der Waals surface area contributed by atoms with E-state index in [-0.39, 0.29) is 11.3 Å². The number of phenols is 1. The summed E-state index contributed by atoms with van der Waals surface area (Å²) in [5.74, 6) is -0.917. The second-order valence-electron chi connectivity index (χ2n) is 2.84. The summed E-state index contributed by atoms with van der Waals surface area (Å²) in [5, 5.41) is 18.3. The van der Waals surface area contributed by atoms with Gasteiger partial charge in [-0.2, -0.15) is 0 Å². The van der Waals surface area contributed by atoms with Crippen molar-refractivity contribution in [3.05, 3.63) is 23.3 Å². The van der Waals surface area contributed by atoms with Crippen molar-refractivity contribution in [1.29, 1.82) is 0 Å². The largest absolute Gasteiger partial charge is 0.507 e. The first kappa shape index (κ1) is 10.4. The van der Waals surface area contributed by atoms with E-state index in [1.54, 1.807) is 6.07 Å². The van der Waals surface area contributed by atoms with Crippen LogP contribution in [0.25, 0.3) is 0 Å². The van der Waals surface area contributed by atoms with E-state index in [4.69, 9.17) is 9.84 Å². The Morgan fingerprint density at radius 3 is 2.57 bits per heavy atom. The maximum atomic E-state index is 10.8. The van der Waals surface area contributed by atoms with Gasteiger partial charge in [0.1, 0.15) is 17.1 Å². The van der Waals surface area contributed by atoms with E-state index in [2.05, 4.69) is 0 Å². The summed E-state index contributed by atoms with van der Waals surface area (Å²) in [6.45, 7) is 1.82. The Labute approximate surface area is 81.8 Å². The van der Waals surface area contributed by atoms with Crippen molar-refractivity contribution in [3.63, 3.8) is 0 Å². The van der Waals surface area contributed by atoms with Crippen LogP contribution in [0.1, 0.15) is 22.8 Å². The molecule has 0 aliphatic heterocycles. The molecule has 0 bridgehead atoms. The molecule has 0 aliphatic rings. The lowest BCUT2D eigenvalue weighted by Crippen LogP contribution is -2.02. The zero-order valence-electron chi connectivity index (χ0n) is 8.07. The molecule has 0 aromatic heterocycles. The highest BCUT2D eigenvalue weighted by molar-refractivity contribution is 5.92. The number of carboxylic acid groups (broad SMARTS) is 1. The predicted octanol–water partition coefficient (Wildman–Crippen LogP) is 1.66. The molecule has 0 unspecified atom stereocenters. The van der Waals surface area contributed by atoms with Gasteiger partial charge in [0.25, 0.3) is 0 Å². The van der Waals surface area contributed by atoms with Crippen LogP contribution >= 0.6 is 0 Å². The highest BCUT2D eigenvalue weighted by Crippen LogP contribution is 2.28. The van der Waals surface area contributed by atoms with Crippen molar-refractivity contribution in [3.8, 4) is 11.5 Å². The van der Waals surface area contributed by atoms with Gasteiger partial charge in [0.2, 0.25) is 0 Å². The van der Waals surface area contributed by atoms with E-state index in [0.29, 0.717) is 17.7 Å². The SMILES string of the molecule is CCc1cc(OC)cc(O)c1C(=O)O. The van der Waals surface area contributed by atoms with Crippen molar-refractivity contribution in [2.24, 2.45) is 0 Å². The fourth-order valence-corrected chi connectivity index (χ4v) is 1.30. The number of aromatic carboxylic acids is 1. The molecule has 0 spiro atoms. The van der Waals surface area contributed by atoms with E-state index in [0.717, 1.165) is 0 Å². The summed E-state index contributed by atoms with van der Waals surface area (Å²) in [5.41, 5.74) is 0.516. The van der Waals surface area contributed by atoms with Crippen molar-refractivity contribution >= 4 is 5.97 Å². The van der Waals surface area contributed by atoms with Crippen molar-refractivity contribution in [2.75, 3.05) is 7.11 Å². The number of aryl methyl sites for hydroxylation is 1. The number of rotatable bonds is 3. The number of carbonyl (C=O) groups is 1. The fourth-order valence-electron chi connectivity index (χ4n) is 1.30. The van der Waals surface area contributed by atoms with E-state index in [9.17, 15) is 9.90 Å². The maximum Gasteiger partial charge on any atom is 0.339 e. The first-order valence-corrected chi connectivity index (χ1v) is 4.23. The quantitative estimate of drug-likeness (QED) is 0.771. The summed E-state index contributed by atoms with van der Waals surface area (Å²) in [4.78, 5) is 10.8. The number of hydrogen-bond acceptors (Lipinski definition) is 3. The van der Waals surface area contributed by atoms with E-state index >= 15 is 0 Å². The van der Waals surface area contributed by atoms with Gasteiger partial charge in [0.15, 0.2) is 0 Å². The van der Waals surface area contributed by atoms with Crippen LogP contribution in [0.5, 0.6) is 11.5 Å². The van der Waals surface area contributed by atoms with Gasteiger partial charge < -0.3 is 14.9 Å². The first-order valence-electron chi connectivity index (χ1n) is 4.23. The fraction of sp³-hybridized carbons (Fsp3) is 0.300. The molecule has 4 nitrogen and oxygen atoms in total. The Balaban J connectivity index is 3.34. The lowest BCUT2D eigenvalue weighted by atomic mass is 10.0. The van der Waals surface area contributed by atoms with Crippen molar-refractivity contribution in [1.82, 2.24) is 0 Å². The molecular formula is C10H12O4. The van der Waals surface area contributed by atoms with Gasteiger partial charge in [-0.05, 0) is 18.1 Å². The molecule has 0 fully saturated rings. The van der Waals surface area contributed by atoms with Gasteiger partial charge in [-0.15, -0.1) is 0 Å². The lowest BCUT2D eigenvalue weighted by Gasteiger charge is -2.08. The Morgan fingerprint density at radius 2 is 2.14 bits per heavy atom. The van der Waals surface area contributed by atoms with Gasteiger partial charge in [-0.25, -0.2) is 4.79 Å².